The summed E-state index contributed by atoms with van der Waals surface area (Å²) in [5, 5.41) is 3.02. The Morgan fingerprint density at radius 3 is 2.78 bits per heavy atom. The third-order valence-electron chi connectivity index (χ3n) is 3.69. The number of carbonyl (C=O) groups is 1. The SMILES string of the molecule is CCOc1ccc(NC(=O)N2CCCSCC2CN(C)C)cc1. The Labute approximate surface area is 143 Å². The third kappa shape index (κ3) is 5.62. The minimum absolute atomic E-state index is 0.0106. The van der Waals surface area contributed by atoms with Crippen LogP contribution in [0.2, 0.25) is 0 Å². The molecule has 23 heavy (non-hydrogen) atoms. The van der Waals surface area contributed by atoms with Gasteiger partial charge in [0.05, 0.1) is 12.6 Å². The smallest absolute Gasteiger partial charge is 0.322 e. The highest BCUT2D eigenvalue weighted by molar-refractivity contribution is 7.99. The minimum Gasteiger partial charge on any atom is -0.494 e. The average molecular weight is 337 g/mol. The fourth-order valence-electron chi connectivity index (χ4n) is 2.67. The van der Waals surface area contributed by atoms with Crippen molar-refractivity contribution in [2.45, 2.75) is 19.4 Å². The van der Waals surface area contributed by atoms with Crippen LogP contribution in [0.15, 0.2) is 24.3 Å². The van der Waals surface area contributed by atoms with Crippen molar-refractivity contribution in [3.05, 3.63) is 24.3 Å². The highest BCUT2D eigenvalue weighted by Crippen LogP contribution is 2.20. The maximum Gasteiger partial charge on any atom is 0.322 e. The number of hydrogen-bond acceptors (Lipinski definition) is 4. The quantitative estimate of drug-likeness (QED) is 0.897. The fraction of sp³-hybridized carbons (Fsp3) is 0.588. The number of amides is 2. The summed E-state index contributed by atoms with van der Waals surface area (Å²) in [6, 6.07) is 7.78. The van der Waals surface area contributed by atoms with Crippen LogP contribution in [0.1, 0.15) is 13.3 Å². The first-order chi connectivity index (χ1) is 11.1. The second kappa shape index (κ2) is 9.03. The van der Waals surface area contributed by atoms with Gasteiger partial charge in [-0.2, -0.15) is 11.8 Å². The summed E-state index contributed by atoms with van der Waals surface area (Å²) in [4.78, 5) is 16.8. The summed E-state index contributed by atoms with van der Waals surface area (Å²) < 4.78 is 5.43. The first-order valence-electron chi connectivity index (χ1n) is 8.13. The van der Waals surface area contributed by atoms with Crippen LogP contribution in [0.25, 0.3) is 0 Å². The van der Waals surface area contributed by atoms with Crippen molar-refractivity contribution in [2.24, 2.45) is 0 Å². The Balaban J connectivity index is 2.00. The van der Waals surface area contributed by atoms with E-state index in [4.69, 9.17) is 4.74 Å². The number of anilines is 1. The van der Waals surface area contributed by atoms with Gasteiger partial charge < -0.3 is 19.9 Å². The molecule has 2 amide bonds. The van der Waals surface area contributed by atoms with E-state index in [0.29, 0.717) is 6.61 Å². The van der Waals surface area contributed by atoms with Crippen LogP contribution in [0, 0.1) is 0 Å². The summed E-state index contributed by atoms with van der Waals surface area (Å²) >= 11 is 1.94. The van der Waals surface area contributed by atoms with E-state index in [1.54, 1.807) is 0 Å². The van der Waals surface area contributed by atoms with Gasteiger partial charge in [0.25, 0.3) is 0 Å². The van der Waals surface area contributed by atoms with E-state index in [1.165, 1.54) is 0 Å². The molecule has 1 unspecified atom stereocenters. The monoisotopic (exact) mass is 337 g/mol. The molecule has 0 bridgehead atoms. The van der Waals surface area contributed by atoms with Crippen molar-refractivity contribution in [1.82, 2.24) is 9.80 Å². The lowest BCUT2D eigenvalue weighted by molar-refractivity contribution is 0.180. The van der Waals surface area contributed by atoms with Gasteiger partial charge >= 0.3 is 6.03 Å². The number of rotatable bonds is 5. The zero-order chi connectivity index (χ0) is 16.7. The molecule has 1 N–H and O–H groups in total. The lowest BCUT2D eigenvalue weighted by atomic mass is 10.2. The van der Waals surface area contributed by atoms with Crippen LogP contribution in [0.3, 0.4) is 0 Å². The molecule has 1 aliphatic heterocycles. The van der Waals surface area contributed by atoms with E-state index < -0.39 is 0 Å². The molecule has 0 aliphatic carbocycles. The van der Waals surface area contributed by atoms with E-state index in [9.17, 15) is 4.79 Å². The standard InChI is InChI=1S/C17H27N3O2S/c1-4-22-16-8-6-14(7-9-16)18-17(21)20-10-5-11-23-13-15(20)12-19(2)3/h6-9,15H,4-5,10-13H2,1-3H3,(H,18,21). The van der Waals surface area contributed by atoms with Crippen molar-refractivity contribution in [3.8, 4) is 5.75 Å². The van der Waals surface area contributed by atoms with E-state index in [1.807, 2.05) is 47.9 Å². The van der Waals surface area contributed by atoms with Gasteiger partial charge in [0.2, 0.25) is 0 Å². The van der Waals surface area contributed by atoms with Crippen molar-refractivity contribution < 1.29 is 9.53 Å². The van der Waals surface area contributed by atoms with Crippen LogP contribution in [-0.4, -0.2) is 67.2 Å². The van der Waals surface area contributed by atoms with Crippen LogP contribution < -0.4 is 10.1 Å². The summed E-state index contributed by atoms with van der Waals surface area (Å²) in [5.41, 5.74) is 0.805. The van der Waals surface area contributed by atoms with E-state index in [0.717, 1.165) is 42.5 Å². The Bertz CT molecular complexity index is 493. The summed E-state index contributed by atoms with van der Waals surface area (Å²) in [6.45, 7) is 4.30. The van der Waals surface area contributed by atoms with Crippen LogP contribution in [0.5, 0.6) is 5.75 Å². The van der Waals surface area contributed by atoms with Crippen LogP contribution in [0.4, 0.5) is 10.5 Å². The van der Waals surface area contributed by atoms with Gasteiger partial charge in [-0.15, -0.1) is 0 Å². The zero-order valence-corrected chi connectivity index (χ0v) is 15.1. The maximum atomic E-state index is 12.7. The van der Waals surface area contributed by atoms with Gasteiger partial charge in [-0.25, -0.2) is 4.79 Å². The van der Waals surface area contributed by atoms with E-state index >= 15 is 0 Å². The van der Waals surface area contributed by atoms with Crippen molar-refractivity contribution >= 4 is 23.5 Å². The largest absolute Gasteiger partial charge is 0.494 e. The maximum absolute atomic E-state index is 12.7. The number of urea groups is 1. The van der Waals surface area contributed by atoms with E-state index in [-0.39, 0.29) is 12.1 Å². The van der Waals surface area contributed by atoms with Crippen molar-refractivity contribution in [3.63, 3.8) is 0 Å². The van der Waals surface area contributed by atoms with Gasteiger partial charge in [0, 0.05) is 24.5 Å². The minimum atomic E-state index is -0.0106. The molecular weight excluding hydrogens is 310 g/mol. The number of benzene rings is 1. The number of nitrogens with one attached hydrogen (secondary N) is 1. The lowest BCUT2D eigenvalue weighted by Crippen LogP contribution is -2.48. The second-order valence-corrected chi connectivity index (χ2v) is 7.08. The zero-order valence-electron chi connectivity index (χ0n) is 14.2. The summed E-state index contributed by atoms with van der Waals surface area (Å²) in [5.74, 6) is 2.94. The molecule has 0 spiro atoms. The molecule has 1 aliphatic rings. The molecule has 1 atom stereocenters. The number of ether oxygens (including phenoxy) is 1. The molecule has 1 saturated heterocycles. The second-order valence-electron chi connectivity index (χ2n) is 5.93. The first-order valence-corrected chi connectivity index (χ1v) is 9.28. The van der Waals surface area contributed by atoms with Crippen LogP contribution >= 0.6 is 11.8 Å². The highest BCUT2D eigenvalue weighted by Gasteiger charge is 2.26. The average Bonchev–Trinajstić information content (AvgIpc) is 2.74. The number of carbonyl (C=O) groups excluding carboxylic acids is 1. The molecule has 2 rings (SSSR count). The normalized spacial score (nSPS) is 18.6. The Morgan fingerprint density at radius 1 is 1.39 bits per heavy atom. The molecule has 5 nitrogen and oxygen atoms in total. The van der Waals surface area contributed by atoms with Gasteiger partial charge in [-0.1, -0.05) is 0 Å². The van der Waals surface area contributed by atoms with Gasteiger partial charge in [-0.3, -0.25) is 0 Å². The van der Waals surface area contributed by atoms with Crippen LogP contribution in [-0.2, 0) is 0 Å². The van der Waals surface area contributed by atoms with Gasteiger partial charge in [0.1, 0.15) is 5.75 Å². The third-order valence-corrected chi connectivity index (χ3v) is 4.89. The number of nitrogens with zero attached hydrogens (tertiary/aromatic N) is 2. The number of thioether (sulfide) groups is 1. The fourth-order valence-corrected chi connectivity index (χ4v) is 3.72. The topological polar surface area (TPSA) is 44.8 Å². The first kappa shape index (κ1) is 17.9. The highest BCUT2D eigenvalue weighted by atomic mass is 32.2. The number of hydrogen-bond donors (Lipinski definition) is 1. The summed E-state index contributed by atoms with van der Waals surface area (Å²) in [6.07, 6.45) is 1.05. The van der Waals surface area contributed by atoms with E-state index in [2.05, 4.69) is 24.3 Å². The molecule has 0 saturated carbocycles. The van der Waals surface area contributed by atoms with Gasteiger partial charge in [-0.05, 0) is 57.5 Å². The van der Waals surface area contributed by atoms with Crippen molar-refractivity contribution in [1.29, 1.82) is 0 Å². The Hall–Kier alpha value is -1.40. The predicted molar refractivity (Wildman–Crippen MR) is 97.6 cm³/mol. The predicted octanol–water partition coefficient (Wildman–Crippen LogP) is 2.99. The lowest BCUT2D eigenvalue weighted by Gasteiger charge is -2.31. The molecule has 6 heteroatoms. The molecule has 0 aromatic heterocycles. The summed E-state index contributed by atoms with van der Waals surface area (Å²) in [7, 11) is 4.11. The number of likely N-dealkylation sites (N-methyl/N-ethyl adjacent to an activating group) is 1. The molecule has 0 radical (unpaired) electrons. The molecule has 1 aromatic rings. The molecular formula is C17H27N3O2S. The van der Waals surface area contributed by atoms with Crippen molar-refractivity contribution in [2.75, 3.05) is 50.6 Å². The molecule has 1 heterocycles. The van der Waals surface area contributed by atoms with Gasteiger partial charge in [0.15, 0.2) is 0 Å². The molecule has 128 valence electrons. The molecule has 1 aromatic carbocycles. The Morgan fingerprint density at radius 2 is 2.13 bits per heavy atom. The molecule has 1 fully saturated rings. The Kier molecular flexibility index (Phi) is 7.05.